The molecule has 3 N–H and O–H groups in total. The van der Waals surface area contributed by atoms with Crippen LogP contribution >= 0.6 is 0 Å². The molecule has 0 radical (unpaired) electrons. The van der Waals surface area contributed by atoms with Gasteiger partial charge >= 0.3 is 0 Å². The predicted octanol–water partition coefficient (Wildman–Crippen LogP) is 4.78. The smallest absolute Gasteiger partial charge is 0.221 e. The topological polar surface area (TPSA) is 102 Å². The molecule has 8 nitrogen and oxygen atoms in total. The summed E-state index contributed by atoms with van der Waals surface area (Å²) in [5.41, 5.74) is 4.47. The second-order valence-electron chi connectivity index (χ2n) is 14.4. The highest BCUT2D eigenvalue weighted by Gasteiger charge is 2.47. The highest BCUT2D eigenvalue weighted by molar-refractivity contribution is 6.52. The number of aliphatic hydroxyl groups is 1. The molecule has 0 saturated heterocycles. The van der Waals surface area contributed by atoms with Gasteiger partial charge in [0, 0.05) is 59.4 Å². The van der Waals surface area contributed by atoms with Crippen molar-refractivity contribution in [3.8, 4) is 0 Å². The first-order valence-corrected chi connectivity index (χ1v) is 15.7. The molecule has 0 aromatic heterocycles. The molecule has 2 atom stereocenters. The van der Waals surface area contributed by atoms with Gasteiger partial charge in [0.05, 0.1) is 27.9 Å². The Hall–Kier alpha value is -3.94. The van der Waals surface area contributed by atoms with Crippen LogP contribution in [-0.2, 0) is 25.2 Å². The van der Waals surface area contributed by atoms with Crippen molar-refractivity contribution in [3.63, 3.8) is 0 Å². The Morgan fingerprint density at radius 2 is 1.45 bits per heavy atom. The molecule has 5 rings (SSSR count). The van der Waals surface area contributed by atoms with Crippen LogP contribution in [0.2, 0.25) is 0 Å². The van der Waals surface area contributed by atoms with Gasteiger partial charge in [-0.25, -0.2) is 4.58 Å². The van der Waals surface area contributed by atoms with Crippen LogP contribution in [0.5, 0.6) is 0 Å². The highest BCUT2D eigenvalue weighted by Crippen LogP contribution is 2.50. The Morgan fingerprint density at radius 3 is 1.98 bits per heavy atom. The summed E-state index contributed by atoms with van der Waals surface area (Å²) in [5.74, 6) is -0.987. The number of ketones is 1. The van der Waals surface area contributed by atoms with Gasteiger partial charge in [0.1, 0.15) is 11.8 Å². The Kier molecular flexibility index (Phi) is 7.38. The zero-order chi connectivity index (χ0) is 32.8. The van der Waals surface area contributed by atoms with Crippen molar-refractivity contribution in [1.29, 1.82) is 0 Å². The Bertz CT molecular complexity index is 1790. The number of anilines is 3. The molecule has 0 saturated carbocycles. The van der Waals surface area contributed by atoms with Crippen LogP contribution < -0.4 is 30.7 Å². The number of fused-ring (bicyclic) bond motifs is 2. The molecular weight excluding hydrogens is 552 g/mol. The third kappa shape index (κ3) is 4.48. The molecule has 0 fully saturated rings. The van der Waals surface area contributed by atoms with E-state index in [1.165, 1.54) is 13.8 Å². The zero-order valence-corrected chi connectivity index (χ0v) is 28.2. The number of hydrogen-bond acceptors (Lipinski definition) is 5. The lowest BCUT2D eigenvalue weighted by Gasteiger charge is -2.34. The number of benzene rings is 2. The normalized spacial score (nSPS) is 22.8. The molecule has 3 aliphatic rings. The lowest BCUT2D eigenvalue weighted by molar-refractivity contribution is -0.115. The predicted molar refractivity (Wildman–Crippen MR) is 178 cm³/mol. The van der Waals surface area contributed by atoms with Crippen LogP contribution in [-0.4, -0.2) is 46.9 Å². The minimum Gasteiger partial charge on any atom is -0.506 e. The Balaban J connectivity index is 1.81. The highest BCUT2D eigenvalue weighted by atomic mass is 16.3. The van der Waals surface area contributed by atoms with Gasteiger partial charge in [-0.2, -0.15) is 0 Å². The summed E-state index contributed by atoms with van der Waals surface area (Å²) in [5, 5.41) is 19.0. The van der Waals surface area contributed by atoms with Gasteiger partial charge in [-0.3, -0.25) is 14.4 Å². The fourth-order valence-corrected chi connectivity index (χ4v) is 7.55. The fraction of sp³-hybridized carbons (Fsp3) is 0.500. The molecular formula is C36H47N4O4+. The molecule has 2 heterocycles. The summed E-state index contributed by atoms with van der Waals surface area (Å²) in [6.45, 7) is 24.6. The Labute approximate surface area is 260 Å². The van der Waals surface area contributed by atoms with Gasteiger partial charge in [-0.05, 0) is 79.2 Å². The summed E-state index contributed by atoms with van der Waals surface area (Å²) in [6, 6.07) is 8.61. The van der Waals surface area contributed by atoms with Gasteiger partial charge < -0.3 is 20.6 Å². The number of allylic oxidation sites excluding steroid dienone is 2. The van der Waals surface area contributed by atoms with Crippen molar-refractivity contribution in [2.75, 3.05) is 15.5 Å². The molecule has 8 heteroatoms. The second kappa shape index (κ2) is 10.3. The van der Waals surface area contributed by atoms with E-state index in [0.717, 1.165) is 22.2 Å². The van der Waals surface area contributed by atoms with Crippen LogP contribution in [0.1, 0.15) is 99.8 Å². The monoisotopic (exact) mass is 599 g/mol. The molecule has 1 aliphatic carbocycles. The van der Waals surface area contributed by atoms with Gasteiger partial charge in [-0.1, -0.05) is 13.8 Å². The average molecular weight is 600 g/mol. The maximum Gasteiger partial charge on any atom is 0.221 e. The SMILES string of the molecule is CC(=O)Nc1cc2c(cc1C1=C(O)/C(=c3\cc4c(cc3NC(C)=O)=[N+](C(C)C)C(C)C4(C)C)C1=O)C(C)(C)C(C)N2C(C)C. The van der Waals surface area contributed by atoms with Gasteiger partial charge in [-0.15, -0.1) is 0 Å². The lowest BCUT2D eigenvalue weighted by atomic mass is 9.76. The standard InChI is InChI=1S/C36H46N4O4/c1-17(2)39-19(5)35(9,10)25-13-23(27(15-29(25)39)37-21(7)41)31-33(43)32(34(31)44)24-14-26-30(16-28(24)38-22(8)42)40(18(3)4)20(6)36(26,11)12/h13-20H,1-12H3,(H2,37,38,41,42,43,44)/p+1. The van der Waals surface area contributed by atoms with E-state index in [0.29, 0.717) is 22.2 Å². The molecule has 0 spiro atoms. The number of nitrogens with zero attached hydrogens (tertiary/aromatic N) is 2. The third-order valence-corrected chi connectivity index (χ3v) is 10.3. The Morgan fingerprint density at radius 1 is 0.864 bits per heavy atom. The molecule has 2 aliphatic heterocycles. The number of Topliss-reactive ketones (excluding diaryl/α,β-unsaturated/α-hetero) is 1. The van der Waals surface area contributed by atoms with E-state index in [-0.39, 0.29) is 69.5 Å². The summed E-state index contributed by atoms with van der Waals surface area (Å²) in [7, 11) is 0. The molecule has 234 valence electrons. The van der Waals surface area contributed by atoms with E-state index in [9.17, 15) is 19.5 Å². The lowest BCUT2D eigenvalue weighted by Crippen LogP contribution is -2.42. The molecule has 2 aromatic carbocycles. The molecule has 0 bridgehead atoms. The average Bonchev–Trinajstić information content (AvgIpc) is 3.21. The number of carbonyl (C=O) groups is 3. The van der Waals surface area contributed by atoms with Crippen molar-refractivity contribution in [2.45, 2.75) is 118 Å². The fourth-order valence-electron chi connectivity index (χ4n) is 7.55. The maximum absolute atomic E-state index is 14.1. The molecule has 44 heavy (non-hydrogen) atoms. The zero-order valence-electron chi connectivity index (χ0n) is 28.2. The second-order valence-corrected chi connectivity index (χ2v) is 14.4. The number of hydrogen-bond donors (Lipinski definition) is 3. The van der Waals surface area contributed by atoms with E-state index in [1.54, 1.807) is 0 Å². The van der Waals surface area contributed by atoms with Crippen molar-refractivity contribution >= 4 is 45.8 Å². The minimum absolute atomic E-state index is 0.137. The summed E-state index contributed by atoms with van der Waals surface area (Å²) < 4.78 is 2.34. The largest absolute Gasteiger partial charge is 0.506 e. The van der Waals surface area contributed by atoms with E-state index in [4.69, 9.17) is 0 Å². The number of aliphatic hydroxyl groups excluding tert-OH is 1. The van der Waals surface area contributed by atoms with Gasteiger partial charge in [0.15, 0.2) is 6.04 Å². The molecule has 2 unspecified atom stereocenters. The quantitative estimate of drug-likeness (QED) is 0.430. The van der Waals surface area contributed by atoms with Crippen molar-refractivity contribution in [2.24, 2.45) is 0 Å². The van der Waals surface area contributed by atoms with E-state index in [1.807, 2.05) is 24.3 Å². The first kappa shape index (κ1) is 31.5. The summed E-state index contributed by atoms with van der Waals surface area (Å²) in [6.07, 6.45) is 0. The van der Waals surface area contributed by atoms with Crippen molar-refractivity contribution in [1.82, 2.24) is 4.58 Å². The van der Waals surface area contributed by atoms with E-state index >= 15 is 0 Å². The van der Waals surface area contributed by atoms with E-state index < -0.39 is 0 Å². The van der Waals surface area contributed by atoms with Crippen LogP contribution in [0.3, 0.4) is 0 Å². The van der Waals surface area contributed by atoms with E-state index in [2.05, 4.69) is 89.3 Å². The number of amides is 2. The van der Waals surface area contributed by atoms with Crippen molar-refractivity contribution < 1.29 is 19.5 Å². The van der Waals surface area contributed by atoms with Crippen LogP contribution in [0.15, 0.2) is 30.0 Å². The van der Waals surface area contributed by atoms with Crippen LogP contribution in [0, 0.1) is 0 Å². The van der Waals surface area contributed by atoms with Crippen LogP contribution in [0.25, 0.3) is 11.1 Å². The first-order chi connectivity index (χ1) is 20.3. The minimum atomic E-state index is -0.324. The maximum atomic E-state index is 14.1. The number of nitrogens with one attached hydrogen (secondary N) is 2. The number of rotatable bonds is 5. The van der Waals surface area contributed by atoms with Crippen molar-refractivity contribution in [3.05, 3.63) is 57.3 Å². The molecule has 2 aromatic rings. The first-order valence-electron chi connectivity index (χ1n) is 15.7. The van der Waals surface area contributed by atoms with Crippen LogP contribution in [0.4, 0.5) is 17.1 Å². The summed E-state index contributed by atoms with van der Waals surface area (Å²) in [4.78, 5) is 41.1. The number of carbonyl (C=O) groups excluding carboxylic acids is 3. The molecule has 2 amide bonds. The van der Waals surface area contributed by atoms with Gasteiger partial charge in [0.25, 0.3) is 0 Å². The van der Waals surface area contributed by atoms with Gasteiger partial charge in [0.2, 0.25) is 23.0 Å². The third-order valence-electron chi connectivity index (χ3n) is 10.3. The summed E-state index contributed by atoms with van der Waals surface area (Å²) >= 11 is 0.